The zero-order valence-electron chi connectivity index (χ0n) is 5.88. The Balaban J connectivity index is 2.90. The minimum Gasteiger partial charge on any atom is -0.295 e. The number of halogens is 1. The van der Waals surface area contributed by atoms with Crippen molar-refractivity contribution in [3.63, 3.8) is 0 Å². The summed E-state index contributed by atoms with van der Waals surface area (Å²) in [6.45, 7) is 0. The minimum atomic E-state index is -0.0126. The van der Waals surface area contributed by atoms with E-state index in [1.807, 2.05) is 12.1 Å². The maximum atomic E-state index is 11.0. The van der Waals surface area contributed by atoms with Gasteiger partial charge in [0.05, 0.1) is 7.85 Å². The molecule has 1 aromatic carbocycles. The Kier molecular flexibility index (Phi) is 3.11. The third-order valence-corrected chi connectivity index (χ3v) is 2.07. The monoisotopic (exact) mass is 256 g/mol. The lowest BCUT2D eigenvalue weighted by molar-refractivity contribution is 0.101. The summed E-state index contributed by atoms with van der Waals surface area (Å²) in [7, 11) is 5.19. The lowest BCUT2D eigenvalue weighted by atomic mass is 9.96. The maximum absolute atomic E-state index is 11.0. The van der Waals surface area contributed by atoms with Crippen molar-refractivity contribution in [3.05, 3.63) is 33.4 Å². The summed E-state index contributed by atoms with van der Waals surface area (Å²) < 4.78 is 1.12. The van der Waals surface area contributed by atoms with E-state index in [1.54, 1.807) is 12.1 Å². The fraction of sp³-hybridized carbons (Fsp3) is 0.125. The Morgan fingerprint density at radius 2 is 1.91 bits per heavy atom. The van der Waals surface area contributed by atoms with Crippen LogP contribution in [-0.4, -0.2) is 13.6 Å². The number of rotatable bonds is 2. The van der Waals surface area contributed by atoms with Gasteiger partial charge in [0, 0.05) is 9.13 Å². The number of hydrogen-bond acceptors (Lipinski definition) is 1. The van der Waals surface area contributed by atoms with E-state index in [0.29, 0.717) is 5.56 Å². The summed E-state index contributed by atoms with van der Waals surface area (Å²) in [4.78, 5) is 11.0. The Morgan fingerprint density at radius 3 is 2.36 bits per heavy atom. The van der Waals surface area contributed by atoms with Crippen LogP contribution in [0.3, 0.4) is 0 Å². The van der Waals surface area contributed by atoms with Gasteiger partial charge in [-0.05, 0) is 41.0 Å². The SMILES string of the molecule is [B]CC(=O)c1ccc(I)cc1. The third-order valence-electron chi connectivity index (χ3n) is 1.35. The molecule has 0 aliphatic heterocycles. The van der Waals surface area contributed by atoms with Gasteiger partial charge in [0.1, 0.15) is 0 Å². The van der Waals surface area contributed by atoms with E-state index < -0.39 is 0 Å². The van der Waals surface area contributed by atoms with E-state index in [9.17, 15) is 4.79 Å². The molecule has 0 spiro atoms. The van der Waals surface area contributed by atoms with Crippen molar-refractivity contribution in [2.24, 2.45) is 0 Å². The van der Waals surface area contributed by atoms with E-state index in [1.165, 1.54) is 0 Å². The molecule has 1 rings (SSSR count). The molecule has 0 fully saturated rings. The predicted octanol–water partition coefficient (Wildman–Crippen LogP) is 2.06. The Bertz CT molecular complexity index is 255. The van der Waals surface area contributed by atoms with Crippen molar-refractivity contribution >= 4 is 36.2 Å². The molecule has 0 atom stereocenters. The van der Waals surface area contributed by atoms with Crippen molar-refractivity contribution in [3.8, 4) is 0 Å². The maximum Gasteiger partial charge on any atom is 0.154 e. The number of benzene rings is 1. The highest BCUT2D eigenvalue weighted by atomic mass is 127. The summed E-state index contributed by atoms with van der Waals surface area (Å²) in [6.07, 6.45) is 0.0839. The molecule has 1 nitrogen and oxygen atoms in total. The molecular weight excluding hydrogens is 250 g/mol. The van der Waals surface area contributed by atoms with Gasteiger partial charge in [0.15, 0.2) is 5.78 Å². The number of Topliss-reactive ketones (excluding diaryl/α,β-unsaturated/α-hetero) is 1. The molecule has 0 saturated heterocycles. The Morgan fingerprint density at radius 1 is 1.36 bits per heavy atom. The quantitative estimate of drug-likeness (QED) is 0.449. The third kappa shape index (κ3) is 2.32. The van der Waals surface area contributed by atoms with Crippen LogP contribution < -0.4 is 0 Å². The Labute approximate surface area is 80.7 Å². The lowest BCUT2D eigenvalue weighted by Crippen LogP contribution is -1.96. The van der Waals surface area contributed by atoms with Crippen LogP contribution in [0.2, 0.25) is 6.32 Å². The van der Waals surface area contributed by atoms with Gasteiger partial charge >= 0.3 is 0 Å². The second-order valence-electron chi connectivity index (χ2n) is 2.13. The van der Waals surface area contributed by atoms with E-state index in [4.69, 9.17) is 7.85 Å². The highest BCUT2D eigenvalue weighted by Gasteiger charge is 2.00. The average Bonchev–Trinajstić information content (AvgIpc) is 2.05. The van der Waals surface area contributed by atoms with Gasteiger partial charge in [-0.2, -0.15) is 0 Å². The predicted molar refractivity (Wildman–Crippen MR) is 54.1 cm³/mol. The van der Waals surface area contributed by atoms with Crippen molar-refractivity contribution < 1.29 is 4.79 Å². The molecule has 0 unspecified atom stereocenters. The average molecular weight is 256 g/mol. The molecule has 54 valence electrons. The van der Waals surface area contributed by atoms with E-state index in [2.05, 4.69) is 22.6 Å². The van der Waals surface area contributed by atoms with Crippen LogP contribution in [0.4, 0.5) is 0 Å². The van der Waals surface area contributed by atoms with E-state index in [-0.39, 0.29) is 12.1 Å². The number of ketones is 1. The van der Waals surface area contributed by atoms with E-state index >= 15 is 0 Å². The van der Waals surface area contributed by atoms with Crippen molar-refractivity contribution in [1.29, 1.82) is 0 Å². The first-order valence-corrected chi connectivity index (χ1v) is 4.31. The number of carbonyl (C=O) groups is 1. The fourth-order valence-corrected chi connectivity index (χ4v) is 1.11. The molecule has 0 aliphatic carbocycles. The summed E-state index contributed by atoms with van der Waals surface area (Å²) in [6, 6.07) is 7.36. The van der Waals surface area contributed by atoms with Crippen LogP contribution >= 0.6 is 22.6 Å². The minimum absolute atomic E-state index is 0.0126. The topological polar surface area (TPSA) is 17.1 Å². The zero-order chi connectivity index (χ0) is 8.27. The number of carbonyl (C=O) groups excluding carboxylic acids is 1. The van der Waals surface area contributed by atoms with Crippen LogP contribution in [0.1, 0.15) is 10.4 Å². The number of hydrogen-bond donors (Lipinski definition) is 0. The molecule has 0 amide bonds. The van der Waals surface area contributed by atoms with Crippen molar-refractivity contribution in [2.75, 3.05) is 0 Å². The van der Waals surface area contributed by atoms with Crippen LogP contribution in [0.5, 0.6) is 0 Å². The molecule has 2 radical (unpaired) electrons. The Hall–Kier alpha value is -0.315. The molecule has 0 bridgehead atoms. The largest absolute Gasteiger partial charge is 0.295 e. The molecule has 0 heterocycles. The molecule has 11 heavy (non-hydrogen) atoms. The van der Waals surface area contributed by atoms with Gasteiger partial charge < -0.3 is 0 Å². The summed E-state index contributed by atoms with van der Waals surface area (Å²) in [5.74, 6) is -0.0126. The molecular formula is C8H6BIO. The van der Waals surface area contributed by atoms with Crippen LogP contribution in [0.25, 0.3) is 0 Å². The highest BCUT2D eigenvalue weighted by molar-refractivity contribution is 14.1. The smallest absolute Gasteiger partial charge is 0.154 e. The first-order valence-electron chi connectivity index (χ1n) is 3.23. The molecule has 0 aliphatic rings. The van der Waals surface area contributed by atoms with Gasteiger partial charge in [-0.1, -0.05) is 12.1 Å². The van der Waals surface area contributed by atoms with Gasteiger partial charge in [-0.25, -0.2) is 0 Å². The standard InChI is InChI=1S/C8H6BIO/c9-5-8(11)6-1-3-7(10)4-2-6/h1-4H,5H2. The zero-order valence-corrected chi connectivity index (χ0v) is 8.04. The van der Waals surface area contributed by atoms with E-state index in [0.717, 1.165) is 3.57 Å². The fourth-order valence-electron chi connectivity index (χ4n) is 0.754. The molecule has 0 aromatic heterocycles. The second-order valence-corrected chi connectivity index (χ2v) is 3.38. The summed E-state index contributed by atoms with van der Waals surface area (Å²) in [5.41, 5.74) is 0.688. The first-order chi connectivity index (χ1) is 5.24. The molecule has 3 heteroatoms. The molecule has 0 N–H and O–H groups in total. The lowest BCUT2D eigenvalue weighted by Gasteiger charge is -1.96. The summed E-state index contributed by atoms with van der Waals surface area (Å²) >= 11 is 2.19. The first kappa shape index (κ1) is 8.78. The summed E-state index contributed by atoms with van der Waals surface area (Å²) in [5, 5.41) is 0. The van der Waals surface area contributed by atoms with Gasteiger partial charge in [0.25, 0.3) is 0 Å². The normalized spacial score (nSPS) is 9.55. The second kappa shape index (κ2) is 3.90. The molecule has 1 aromatic rings. The van der Waals surface area contributed by atoms with Gasteiger partial charge in [-0.15, -0.1) is 0 Å². The van der Waals surface area contributed by atoms with Gasteiger partial charge in [0.2, 0.25) is 0 Å². The molecule has 0 saturated carbocycles. The van der Waals surface area contributed by atoms with Gasteiger partial charge in [-0.3, -0.25) is 4.79 Å². The highest BCUT2D eigenvalue weighted by Crippen LogP contribution is 2.07. The van der Waals surface area contributed by atoms with Crippen LogP contribution in [0, 0.1) is 3.57 Å². The van der Waals surface area contributed by atoms with Crippen molar-refractivity contribution in [1.82, 2.24) is 0 Å². The van der Waals surface area contributed by atoms with Crippen LogP contribution in [-0.2, 0) is 0 Å². The van der Waals surface area contributed by atoms with Crippen LogP contribution in [0.15, 0.2) is 24.3 Å². The van der Waals surface area contributed by atoms with Crippen molar-refractivity contribution in [2.45, 2.75) is 6.32 Å².